The molecule has 0 spiro atoms. The molecule has 140 valence electrons. The third kappa shape index (κ3) is 3.30. The fourth-order valence-corrected chi connectivity index (χ4v) is 4.32. The standard InChI is InChI=1S/C22H17NO4S/c1-27-16-9-7-15(8-10-16)19-12-18-21(28-19)17(22(25)26)11-20(24)23(18)13-14-5-3-2-4-6-14/h2-12H,13H2,1H3,(H,25,26). The highest BCUT2D eigenvalue weighted by Crippen LogP contribution is 2.35. The van der Waals surface area contributed by atoms with Gasteiger partial charge in [-0.15, -0.1) is 11.3 Å². The van der Waals surface area contributed by atoms with Gasteiger partial charge in [0.15, 0.2) is 0 Å². The van der Waals surface area contributed by atoms with Gasteiger partial charge < -0.3 is 14.4 Å². The van der Waals surface area contributed by atoms with E-state index in [2.05, 4.69) is 0 Å². The molecule has 0 fully saturated rings. The van der Waals surface area contributed by atoms with Crippen LogP contribution < -0.4 is 10.3 Å². The van der Waals surface area contributed by atoms with Gasteiger partial charge in [-0.05, 0) is 41.5 Å². The summed E-state index contributed by atoms with van der Waals surface area (Å²) < 4.78 is 7.41. The summed E-state index contributed by atoms with van der Waals surface area (Å²) in [6.07, 6.45) is 0. The van der Waals surface area contributed by atoms with Gasteiger partial charge in [-0.1, -0.05) is 30.3 Å². The summed E-state index contributed by atoms with van der Waals surface area (Å²) in [6, 6.07) is 20.3. The predicted molar refractivity (Wildman–Crippen MR) is 111 cm³/mol. The Kier molecular flexibility index (Phi) is 4.71. The highest BCUT2D eigenvalue weighted by atomic mass is 32.1. The summed E-state index contributed by atoms with van der Waals surface area (Å²) in [5.74, 6) is -0.353. The molecule has 6 heteroatoms. The van der Waals surface area contributed by atoms with E-state index >= 15 is 0 Å². The average Bonchev–Trinajstić information content (AvgIpc) is 3.16. The van der Waals surface area contributed by atoms with Crippen LogP contribution in [0, 0.1) is 0 Å². The van der Waals surface area contributed by atoms with Crippen LogP contribution in [0.25, 0.3) is 20.7 Å². The molecular formula is C22H17NO4S. The molecule has 1 N–H and O–H groups in total. The van der Waals surface area contributed by atoms with Crippen molar-refractivity contribution in [3.63, 3.8) is 0 Å². The maximum absolute atomic E-state index is 12.7. The molecule has 2 aromatic heterocycles. The number of ether oxygens (including phenoxy) is 1. The molecule has 5 nitrogen and oxygen atoms in total. The van der Waals surface area contributed by atoms with E-state index in [9.17, 15) is 14.7 Å². The van der Waals surface area contributed by atoms with E-state index in [0.717, 1.165) is 21.8 Å². The molecule has 0 bridgehead atoms. The average molecular weight is 391 g/mol. The van der Waals surface area contributed by atoms with Crippen LogP contribution in [-0.4, -0.2) is 22.8 Å². The molecule has 0 aliphatic rings. The number of hydrogen-bond acceptors (Lipinski definition) is 4. The van der Waals surface area contributed by atoms with Gasteiger partial charge in [-0.25, -0.2) is 4.79 Å². The van der Waals surface area contributed by atoms with Crippen molar-refractivity contribution in [2.45, 2.75) is 6.54 Å². The fourth-order valence-electron chi connectivity index (χ4n) is 3.15. The van der Waals surface area contributed by atoms with Crippen molar-refractivity contribution in [1.29, 1.82) is 0 Å². The number of carboxylic acids is 1. The zero-order chi connectivity index (χ0) is 19.7. The first kappa shape index (κ1) is 18.0. The first-order valence-electron chi connectivity index (χ1n) is 8.66. The minimum absolute atomic E-state index is 0.0362. The zero-order valence-corrected chi connectivity index (χ0v) is 15.9. The first-order chi connectivity index (χ1) is 13.6. The number of methoxy groups -OCH3 is 1. The number of thiophene rings is 1. The molecule has 4 aromatic rings. The molecule has 4 rings (SSSR count). The van der Waals surface area contributed by atoms with E-state index in [1.54, 1.807) is 11.7 Å². The van der Waals surface area contributed by atoms with Crippen LogP contribution in [0.15, 0.2) is 71.5 Å². The van der Waals surface area contributed by atoms with Crippen LogP contribution in [0.4, 0.5) is 0 Å². The van der Waals surface area contributed by atoms with Crippen molar-refractivity contribution in [1.82, 2.24) is 4.57 Å². The molecule has 28 heavy (non-hydrogen) atoms. The highest BCUT2D eigenvalue weighted by Gasteiger charge is 2.18. The summed E-state index contributed by atoms with van der Waals surface area (Å²) in [5.41, 5.74) is 2.26. The van der Waals surface area contributed by atoms with Crippen molar-refractivity contribution in [3.05, 3.63) is 88.2 Å². The lowest BCUT2D eigenvalue weighted by Gasteiger charge is -2.09. The Morgan fingerprint density at radius 3 is 2.43 bits per heavy atom. The van der Waals surface area contributed by atoms with Crippen LogP contribution in [-0.2, 0) is 6.54 Å². The number of carbonyl (C=O) groups is 1. The number of aromatic carboxylic acids is 1. The summed E-state index contributed by atoms with van der Waals surface area (Å²) in [6.45, 7) is 0.384. The topological polar surface area (TPSA) is 68.5 Å². The summed E-state index contributed by atoms with van der Waals surface area (Å²) in [4.78, 5) is 25.3. The molecule has 0 saturated heterocycles. The van der Waals surface area contributed by atoms with Crippen molar-refractivity contribution in [3.8, 4) is 16.2 Å². The van der Waals surface area contributed by atoms with Crippen LogP contribution >= 0.6 is 11.3 Å². The first-order valence-corrected chi connectivity index (χ1v) is 9.47. The van der Waals surface area contributed by atoms with Crippen LogP contribution in [0.5, 0.6) is 5.75 Å². The minimum Gasteiger partial charge on any atom is -0.497 e. The number of nitrogens with zero attached hydrogens (tertiary/aromatic N) is 1. The smallest absolute Gasteiger partial charge is 0.337 e. The molecule has 2 heterocycles. The molecule has 2 aromatic carbocycles. The normalized spacial score (nSPS) is 10.9. The second-order valence-electron chi connectivity index (χ2n) is 6.33. The quantitative estimate of drug-likeness (QED) is 0.544. The lowest BCUT2D eigenvalue weighted by Crippen LogP contribution is -2.21. The summed E-state index contributed by atoms with van der Waals surface area (Å²) in [7, 11) is 1.61. The number of carboxylic acid groups (broad SMARTS) is 1. The van der Waals surface area contributed by atoms with E-state index in [-0.39, 0.29) is 11.1 Å². The van der Waals surface area contributed by atoms with Crippen molar-refractivity contribution >= 4 is 27.5 Å². The lowest BCUT2D eigenvalue weighted by molar-refractivity contribution is 0.0699. The van der Waals surface area contributed by atoms with Crippen LogP contribution in [0.2, 0.25) is 0 Å². The van der Waals surface area contributed by atoms with Gasteiger partial charge in [-0.2, -0.15) is 0 Å². The third-order valence-electron chi connectivity index (χ3n) is 4.57. The Balaban J connectivity index is 1.90. The van der Waals surface area contributed by atoms with Gasteiger partial charge in [0.25, 0.3) is 5.56 Å². The van der Waals surface area contributed by atoms with E-state index in [4.69, 9.17) is 4.74 Å². The number of benzene rings is 2. The molecule has 0 aliphatic heterocycles. The Hall–Kier alpha value is -3.38. The van der Waals surface area contributed by atoms with Gasteiger partial charge in [-0.3, -0.25) is 4.79 Å². The molecule has 0 radical (unpaired) electrons. The molecule has 0 aliphatic carbocycles. The second kappa shape index (κ2) is 7.32. The molecule has 0 unspecified atom stereocenters. The predicted octanol–water partition coefficient (Wildman–Crippen LogP) is 4.49. The number of rotatable bonds is 5. The van der Waals surface area contributed by atoms with E-state index in [1.807, 2.05) is 60.7 Å². The van der Waals surface area contributed by atoms with Crippen LogP contribution in [0.1, 0.15) is 15.9 Å². The fraction of sp³-hybridized carbons (Fsp3) is 0.0909. The Bertz CT molecular complexity index is 1210. The van der Waals surface area contributed by atoms with E-state index < -0.39 is 5.97 Å². The Morgan fingerprint density at radius 1 is 1.07 bits per heavy atom. The highest BCUT2D eigenvalue weighted by molar-refractivity contribution is 7.22. The summed E-state index contributed by atoms with van der Waals surface area (Å²) >= 11 is 1.37. The third-order valence-corrected chi connectivity index (χ3v) is 5.78. The van der Waals surface area contributed by atoms with Crippen molar-refractivity contribution in [2.75, 3.05) is 7.11 Å². The number of fused-ring (bicyclic) bond motifs is 1. The minimum atomic E-state index is -1.10. The molecular weight excluding hydrogens is 374 g/mol. The van der Waals surface area contributed by atoms with Gasteiger partial charge in [0.1, 0.15) is 5.75 Å². The van der Waals surface area contributed by atoms with Gasteiger partial charge in [0.2, 0.25) is 0 Å². The second-order valence-corrected chi connectivity index (χ2v) is 7.38. The Labute approximate surface area is 165 Å². The van der Waals surface area contributed by atoms with Crippen molar-refractivity contribution < 1.29 is 14.6 Å². The lowest BCUT2D eigenvalue weighted by atomic mass is 10.1. The van der Waals surface area contributed by atoms with Gasteiger partial charge in [0.05, 0.1) is 29.4 Å². The number of hydrogen-bond donors (Lipinski definition) is 1. The van der Waals surface area contributed by atoms with Crippen molar-refractivity contribution in [2.24, 2.45) is 0 Å². The van der Waals surface area contributed by atoms with E-state index in [0.29, 0.717) is 16.8 Å². The molecule has 0 amide bonds. The SMILES string of the molecule is COc1ccc(-c2cc3c(s2)c(C(=O)O)cc(=O)n3Cc2ccccc2)cc1. The largest absolute Gasteiger partial charge is 0.497 e. The maximum atomic E-state index is 12.7. The van der Waals surface area contributed by atoms with Gasteiger partial charge in [0, 0.05) is 10.9 Å². The Morgan fingerprint density at radius 2 is 1.79 bits per heavy atom. The number of pyridine rings is 1. The van der Waals surface area contributed by atoms with Crippen LogP contribution in [0.3, 0.4) is 0 Å². The maximum Gasteiger partial charge on any atom is 0.337 e. The zero-order valence-electron chi connectivity index (χ0n) is 15.1. The van der Waals surface area contributed by atoms with Gasteiger partial charge >= 0.3 is 5.97 Å². The summed E-state index contributed by atoms with van der Waals surface area (Å²) in [5, 5.41) is 9.58. The number of aromatic nitrogens is 1. The molecule has 0 saturated carbocycles. The monoisotopic (exact) mass is 391 g/mol. The molecule has 0 atom stereocenters. The van der Waals surface area contributed by atoms with E-state index in [1.165, 1.54) is 17.4 Å².